The molecule has 1 fully saturated rings. The zero-order valence-electron chi connectivity index (χ0n) is 13.9. The first-order chi connectivity index (χ1) is 12.7. The lowest BCUT2D eigenvalue weighted by Gasteiger charge is -2.54. The van der Waals surface area contributed by atoms with Crippen LogP contribution in [0.1, 0.15) is 11.1 Å². The van der Waals surface area contributed by atoms with Crippen molar-refractivity contribution in [3.8, 4) is 0 Å². The molecule has 0 radical (unpaired) electrons. The van der Waals surface area contributed by atoms with E-state index in [1.54, 1.807) is 18.4 Å². The molecule has 2 aromatic carbocycles. The van der Waals surface area contributed by atoms with E-state index in [9.17, 15) is 9.59 Å². The molecule has 4 atom stereocenters. The lowest BCUT2D eigenvalue weighted by molar-refractivity contribution is -0.226. The number of ether oxygens (including phenoxy) is 2. The van der Waals surface area contributed by atoms with Crippen LogP contribution in [0.2, 0.25) is 0 Å². The summed E-state index contributed by atoms with van der Waals surface area (Å²) in [5, 5.41) is 0. The molecule has 0 saturated carbocycles. The van der Waals surface area contributed by atoms with Crippen molar-refractivity contribution in [3.05, 3.63) is 96.3 Å². The van der Waals surface area contributed by atoms with Crippen molar-refractivity contribution in [1.82, 2.24) is 0 Å². The minimum absolute atomic E-state index is 0.149. The van der Waals surface area contributed by atoms with Crippen LogP contribution in [0, 0.1) is 5.92 Å². The molecule has 1 saturated heterocycles. The van der Waals surface area contributed by atoms with Crippen LogP contribution in [-0.2, 0) is 30.3 Å². The predicted octanol–water partition coefficient (Wildman–Crippen LogP) is 3.04. The first-order valence-corrected chi connectivity index (χ1v) is 8.60. The van der Waals surface area contributed by atoms with Gasteiger partial charge in [-0.15, -0.1) is 0 Å². The van der Waals surface area contributed by atoms with Crippen LogP contribution < -0.4 is 0 Å². The minimum atomic E-state index is -1.34. The Balaban J connectivity index is 1.77. The van der Waals surface area contributed by atoms with E-state index in [2.05, 4.69) is 0 Å². The van der Waals surface area contributed by atoms with Crippen molar-refractivity contribution in [2.45, 2.75) is 17.3 Å². The summed E-state index contributed by atoms with van der Waals surface area (Å²) in [6.45, 7) is 0. The van der Waals surface area contributed by atoms with Gasteiger partial charge in [-0.05, 0) is 23.8 Å². The summed E-state index contributed by atoms with van der Waals surface area (Å²) >= 11 is 0. The zero-order chi connectivity index (χ0) is 17.8. The molecule has 4 nitrogen and oxygen atoms in total. The number of hydrogen-bond acceptors (Lipinski definition) is 4. The number of benzene rings is 2. The van der Waals surface area contributed by atoms with Crippen molar-refractivity contribution in [3.63, 3.8) is 0 Å². The van der Waals surface area contributed by atoms with Crippen LogP contribution in [0.3, 0.4) is 0 Å². The molecule has 3 heterocycles. The predicted molar refractivity (Wildman–Crippen MR) is 94.0 cm³/mol. The quantitative estimate of drug-likeness (QED) is 0.840. The average molecular weight is 344 g/mol. The van der Waals surface area contributed by atoms with Crippen molar-refractivity contribution < 1.29 is 19.1 Å². The van der Waals surface area contributed by atoms with E-state index in [0.717, 1.165) is 5.56 Å². The molecule has 2 aromatic rings. The maximum atomic E-state index is 13.6. The summed E-state index contributed by atoms with van der Waals surface area (Å²) in [7, 11) is 0. The van der Waals surface area contributed by atoms with Crippen LogP contribution in [0.25, 0.3) is 0 Å². The van der Waals surface area contributed by atoms with Crippen LogP contribution in [0.5, 0.6) is 0 Å². The van der Waals surface area contributed by atoms with E-state index in [0.29, 0.717) is 5.56 Å². The van der Waals surface area contributed by atoms with Crippen molar-refractivity contribution in [2.75, 3.05) is 0 Å². The molecule has 4 bridgehead atoms. The van der Waals surface area contributed by atoms with Gasteiger partial charge in [0.25, 0.3) is 0 Å². The van der Waals surface area contributed by atoms with E-state index in [1.807, 2.05) is 60.7 Å². The number of hydrogen-bond donors (Lipinski definition) is 0. The second-order valence-electron chi connectivity index (χ2n) is 6.75. The summed E-state index contributed by atoms with van der Waals surface area (Å²) in [4.78, 5) is 26.6. The fraction of sp³-hybridized carbons (Fsp3) is 0.182. The van der Waals surface area contributed by atoms with Gasteiger partial charge in [-0.1, -0.05) is 60.7 Å². The van der Waals surface area contributed by atoms with E-state index < -0.39 is 23.2 Å². The van der Waals surface area contributed by atoms with Crippen LogP contribution in [-0.4, -0.2) is 17.7 Å². The van der Waals surface area contributed by atoms with Gasteiger partial charge in [-0.2, -0.15) is 0 Å². The third-order valence-corrected chi connectivity index (χ3v) is 5.52. The number of rotatable bonds is 2. The molecule has 0 aliphatic carbocycles. The Hall–Kier alpha value is -2.98. The van der Waals surface area contributed by atoms with Gasteiger partial charge >= 0.3 is 0 Å². The van der Waals surface area contributed by atoms with Crippen LogP contribution >= 0.6 is 0 Å². The summed E-state index contributed by atoms with van der Waals surface area (Å²) in [6, 6.07) is 18.6. The molecule has 0 unspecified atom stereocenters. The lowest BCUT2D eigenvalue weighted by atomic mass is 9.63. The van der Waals surface area contributed by atoms with E-state index >= 15 is 0 Å². The van der Waals surface area contributed by atoms with Gasteiger partial charge in [0.05, 0.1) is 12.2 Å². The summed E-state index contributed by atoms with van der Waals surface area (Å²) in [6.07, 6.45) is 5.67. The van der Waals surface area contributed by atoms with Crippen LogP contribution in [0.4, 0.5) is 0 Å². The molecule has 128 valence electrons. The molecular formula is C22H16O4. The first-order valence-electron chi connectivity index (χ1n) is 8.60. The number of carbonyl (C=O) groups excluding carboxylic acids is 2. The second-order valence-corrected chi connectivity index (χ2v) is 6.75. The monoisotopic (exact) mass is 344 g/mol. The topological polar surface area (TPSA) is 52.6 Å². The van der Waals surface area contributed by atoms with Gasteiger partial charge in [-0.25, -0.2) is 0 Å². The fourth-order valence-corrected chi connectivity index (χ4v) is 4.31. The highest BCUT2D eigenvalue weighted by Crippen LogP contribution is 2.54. The number of ketones is 2. The normalized spacial score (nSPS) is 34.5. The highest BCUT2D eigenvalue weighted by molar-refractivity contribution is 6.08. The highest BCUT2D eigenvalue weighted by Gasteiger charge is 2.67. The molecular weight excluding hydrogens is 328 g/mol. The van der Waals surface area contributed by atoms with Gasteiger partial charge in [0.1, 0.15) is 6.10 Å². The van der Waals surface area contributed by atoms with Gasteiger partial charge in [0, 0.05) is 5.56 Å². The van der Waals surface area contributed by atoms with Crippen molar-refractivity contribution >= 4 is 11.6 Å². The molecule has 0 spiro atoms. The molecule has 26 heavy (non-hydrogen) atoms. The number of fused-ring (bicyclic) bond motifs is 6. The SMILES string of the molecule is O=C1C=C[C@@H]2O[C@]1(c1ccccc1)[C@H]1C=CO[C@]2(c2ccccc2)C1=O. The third kappa shape index (κ3) is 1.72. The fourth-order valence-electron chi connectivity index (χ4n) is 4.31. The molecule has 4 heteroatoms. The second kappa shape index (κ2) is 5.26. The molecule has 3 aliphatic heterocycles. The first kappa shape index (κ1) is 15.3. The standard InChI is InChI=1S/C22H16O4/c23-18-11-12-19-22(16-9-5-2-6-10-16)20(24)17(13-14-25-22)21(18,26-19)15-7-3-1-4-8-15/h1-14,17,19H/t17-,19-,21+,22-/m0/s1. The molecule has 0 aromatic heterocycles. The summed E-state index contributed by atoms with van der Waals surface area (Å²) in [5.41, 5.74) is -1.19. The van der Waals surface area contributed by atoms with E-state index in [4.69, 9.17) is 9.47 Å². The maximum Gasteiger partial charge on any atom is 0.221 e. The minimum Gasteiger partial charge on any atom is -0.479 e. The largest absolute Gasteiger partial charge is 0.479 e. The molecule has 0 N–H and O–H groups in total. The van der Waals surface area contributed by atoms with Crippen LogP contribution in [0.15, 0.2) is 85.2 Å². The lowest BCUT2D eigenvalue weighted by Crippen LogP contribution is -2.67. The summed E-state index contributed by atoms with van der Waals surface area (Å²) in [5.74, 6) is -1.11. The smallest absolute Gasteiger partial charge is 0.221 e. The Morgan fingerprint density at radius 3 is 2.04 bits per heavy atom. The van der Waals surface area contributed by atoms with Gasteiger partial charge < -0.3 is 9.47 Å². The molecule has 5 rings (SSSR count). The number of carbonyl (C=O) groups is 2. The summed E-state index contributed by atoms with van der Waals surface area (Å²) < 4.78 is 12.3. The zero-order valence-corrected chi connectivity index (χ0v) is 13.9. The van der Waals surface area contributed by atoms with E-state index in [-0.39, 0.29) is 11.6 Å². The molecule has 0 amide bonds. The Labute approximate surface area is 150 Å². The van der Waals surface area contributed by atoms with Gasteiger partial charge in [0.2, 0.25) is 5.60 Å². The molecule has 3 aliphatic rings. The Morgan fingerprint density at radius 1 is 0.769 bits per heavy atom. The Bertz CT molecular complexity index is 947. The average Bonchev–Trinajstić information content (AvgIpc) is 2.69. The Kier molecular flexibility index (Phi) is 3.09. The van der Waals surface area contributed by atoms with Gasteiger partial charge in [0.15, 0.2) is 17.2 Å². The Morgan fingerprint density at radius 2 is 1.38 bits per heavy atom. The third-order valence-electron chi connectivity index (χ3n) is 5.52. The van der Waals surface area contributed by atoms with Crippen molar-refractivity contribution in [1.29, 1.82) is 0 Å². The maximum absolute atomic E-state index is 13.6. The number of Topliss-reactive ketones (excluding diaryl/α,β-unsaturated/α-hetero) is 1. The van der Waals surface area contributed by atoms with Gasteiger partial charge in [-0.3, -0.25) is 9.59 Å². The van der Waals surface area contributed by atoms with Crippen molar-refractivity contribution in [2.24, 2.45) is 5.92 Å². The highest BCUT2D eigenvalue weighted by atomic mass is 16.6. The van der Waals surface area contributed by atoms with E-state index in [1.165, 1.54) is 6.08 Å².